The van der Waals surface area contributed by atoms with Gasteiger partial charge in [-0.3, -0.25) is 9.69 Å². The lowest BCUT2D eigenvalue weighted by Crippen LogP contribution is -2.48. The first-order chi connectivity index (χ1) is 9.61. The lowest BCUT2D eigenvalue weighted by molar-refractivity contribution is -0.127. The van der Waals surface area contributed by atoms with E-state index in [1.165, 1.54) is 19.3 Å². The molecule has 3 N–H and O–H groups in total. The maximum atomic E-state index is 12.4. The Labute approximate surface area is 126 Å². The Morgan fingerprint density at radius 2 is 1.95 bits per heavy atom. The molecule has 4 nitrogen and oxygen atoms in total. The van der Waals surface area contributed by atoms with Crippen LogP contribution in [0.15, 0.2) is 0 Å². The number of thiocarbonyl (C=S) groups is 1. The molecule has 0 aromatic rings. The summed E-state index contributed by atoms with van der Waals surface area (Å²) in [7, 11) is 0. The predicted octanol–water partition coefficient (Wildman–Crippen LogP) is 1.29. The molecule has 3 fully saturated rings. The first-order valence-corrected chi connectivity index (χ1v) is 8.33. The Hall–Kier alpha value is -0.680. The van der Waals surface area contributed by atoms with Crippen molar-refractivity contribution >= 4 is 23.1 Å². The van der Waals surface area contributed by atoms with Gasteiger partial charge in [-0.2, -0.15) is 0 Å². The van der Waals surface area contributed by atoms with Gasteiger partial charge in [0, 0.05) is 31.6 Å². The molecule has 1 aliphatic heterocycles. The first-order valence-electron chi connectivity index (χ1n) is 7.93. The standard InChI is InChI=1S/C15H25N3OS/c16-14(20)9-18-5-3-12(4-6-18)17-15(19)13-8-10-1-2-11(13)7-10/h10-13H,1-9H2,(H2,16,20)(H,17,19). The number of carbonyl (C=O) groups excluding carboxylic acids is 1. The molecule has 3 unspecified atom stereocenters. The number of nitrogens with one attached hydrogen (secondary N) is 1. The van der Waals surface area contributed by atoms with Crippen molar-refractivity contribution in [3.8, 4) is 0 Å². The molecule has 5 heteroatoms. The average Bonchev–Trinajstić information content (AvgIpc) is 3.03. The SMILES string of the molecule is NC(=S)CN1CCC(NC(=O)C2CC3CCC2C3)CC1. The third-order valence-electron chi connectivity index (χ3n) is 5.39. The number of hydrogen-bond donors (Lipinski definition) is 2. The Morgan fingerprint density at radius 1 is 1.20 bits per heavy atom. The van der Waals surface area contributed by atoms with Crippen LogP contribution in [0.4, 0.5) is 0 Å². The van der Waals surface area contributed by atoms with Gasteiger partial charge in [0.25, 0.3) is 0 Å². The van der Waals surface area contributed by atoms with Crippen LogP contribution in [-0.4, -0.2) is 41.5 Å². The number of nitrogens with zero attached hydrogens (tertiary/aromatic N) is 1. The van der Waals surface area contributed by atoms with Crippen LogP contribution >= 0.6 is 12.2 Å². The van der Waals surface area contributed by atoms with Gasteiger partial charge in [-0.1, -0.05) is 18.6 Å². The van der Waals surface area contributed by atoms with Crippen molar-refractivity contribution in [2.24, 2.45) is 23.5 Å². The number of nitrogens with two attached hydrogens (primary N) is 1. The van der Waals surface area contributed by atoms with Crippen molar-refractivity contribution < 1.29 is 4.79 Å². The Kier molecular flexibility index (Phi) is 4.26. The van der Waals surface area contributed by atoms with E-state index in [1.54, 1.807) is 0 Å². The molecule has 20 heavy (non-hydrogen) atoms. The molecule has 2 aliphatic carbocycles. The summed E-state index contributed by atoms with van der Waals surface area (Å²) in [4.78, 5) is 15.2. The molecule has 3 atom stereocenters. The van der Waals surface area contributed by atoms with Crippen molar-refractivity contribution in [1.29, 1.82) is 0 Å². The maximum absolute atomic E-state index is 12.4. The molecule has 1 heterocycles. The molecular weight excluding hydrogens is 270 g/mol. The Balaban J connectivity index is 1.43. The number of hydrogen-bond acceptors (Lipinski definition) is 3. The van der Waals surface area contributed by atoms with Crippen LogP contribution in [0, 0.1) is 17.8 Å². The van der Waals surface area contributed by atoms with Crippen molar-refractivity contribution in [3.05, 3.63) is 0 Å². The smallest absolute Gasteiger partial charge is 0.223 e. The molecule has 1 saturated heterocycles. The highest BCUT2D eigenvalue weighted by Crippen LogP contribution is 2.48. The minimum atomic E-state index is 0.309. The predicted molar refractivity (Wildman–Crippen MR) is 83.3 cm³/mol. The third kappa shape index (κ3) is 3.14. The lowest BCUT2D eigenvalue weighted by atomic mass is 9.87. The number of amides is 1. The van der Waals surface area contributed by atoms with Crippen LogP contribution in [0.25, 0.3) is 0 Å². The lowest BCUT2D eigenvalue weighted by Gasteiger charge is -2.33. The quantitative estimate of drug-likeness (QED) is 0.767. The molecule has 0 aromatic heterocycles. The van der Waals surface area contributed by atoms with Crippen molar-refractivity contribution in [1.82, 2.24) is 10.2 Å². The molecule has 3 rings (SSSR count). The fourth-order valence-electron chi connectivity index (χ4n) is 4.33. The third-order valence-corrected chi connectivity index (χ3v) is 5.52. The van der Waals surface area contributed by atoms with Crippen LogP contribution in [0.5, 0.6) is 0 Å². The number of likely N-dealkylation sites (tertiary alicyclic amines) is 1. The van der Waals surface area contributed by atoms with E-state index in [0.717, 1.165) is 38.3 Å². The van der Waals surface area contributed by atoms with Crippen molar-refractivity contribution in [2.45, 2.75) is 44.6 Å². The van der Waals surface area contributed by atoms with Crippen LogP contribution in [0.2, 0.25) is 0 Å². The van der Waals surface area contributed by atoms with Gasteiger partial charge in [0.05, 0.1) is 4.99 Å². The molecule has 0 radical (unpaired) electrons. The van der Waals surface area contributed by atoms with Gasteiger partial charge in [-0.25, -0.2) is 0 Å². The Bertz CT molecular complexity index is 393. The van der Waals surface area contributed by atoms with E-state index in [1.807, 2.05) is 0 Å². The minimum absolute atomic E-state index is 0.309. The van der Waals surface area contributed by atoms with Gasteiger partial charge < -0.3 is 11.1 Å². The van der Waals surface area contributed by atoms with E-state index in [0.29, 0.717) is 35.3 Å². The summed E-state index contributed by atoms with van der Waals surface area (Å²) >= 11 is 4.95. The fourth-order valence-corrected chi connectivity index (χ4v) is 4.51. The van der Waals surface area contributed by atoms with Gasteiger partial charge in [0.15, 0.2) is 0 Å². The summed E-state index contributed by atoms with van der Waals surface area (Å²) in [6.07, 6.45) is 7.10. The normalized spacial score (nSPS) is 34.3. The zero-order valence-electron chi connectivity index (χ0n) is 12.0. The molecule has 1 amide bonds. The topological polar surface area (TPSA) is 58.4 Å². The average molecular weight is 295 g/mol. The van der Waals surface area contributed by atoms with Crippen molar-refractivity contribution in [3.63, 3.8) is 0 Å². The number of carbonyl (C=O) groups is 1. The van der Waals surface area contributed by atoms with Crippen LogP contribution < -0.4 is 11.1 Å². The first kappa shape index (κ1) is 14.3. The van der Waals surface area contributed by atoms with E-state index in [9.17, 15) is 4.79 Å². The monoisotopic (exact) mass is 295 g/mol. The maximum Gasteiger partial charge on any atom is 0.223 e. The largest absolute Gasteiger partial charge is 0.392 e. The van der Waals surface area contributed by atoms with Crippen LogP contribution in [0.1, 0.15) is 38.5 Å². The van der Waals surface area contributed by atoms with E-state index in [-0.39, 0.29) is 0 Å². The van der Waals surface area contributed by atoms with Crippen LogP contribution in [-0.2, 0) is 4.79 Å². The summed E-state index contributed by atoms with van der Waals surface area (Å²) in [6, 6.07) is 0.351. The highest BCUT2D eigenvalue weighted by Gasteiger charge is 2.43. The molecule has 2 saturated carbocycles. The highest BCUT2D eigenvalue weighted by atomic mass is 32.1. The second kappa shape index (κ2) is 5.98. The van der Waals surface area contributed by atoms with Crippen LogP contribution in [0.3, 0.4) is 0 Å². The number of fused-ring (bicyclic) bond motifs is 2. The highest BCUT2D eigenvalue weighted by molar-refractivity contribution is 7.80. The van der Waals surface area contributed by atoms with E-state index in [4.69, 9.17) is 18.0 Å². The molecule has 0 aromatic carbocycles. The van der Waals surface area contributed by atoms with E-state index in [2.05, 4.69) is 10.2 Å². The fraction of sp³-hybridized carbons (Fsp3) is 0.867. The second-order valence-electron chi connectivity index (χ2n) is 6.81. The van der Waals surface area contributed by atoms with Gasteiger partial charge >= 0.3 is 0 Å². The zero-order valence-corrected chi connectivity index (χ0v) is 12.8. The van der Waals surface area contributed by atoms with E-state index >= 15 is 0 Å². The van der Waals surface area contributed by atoms with Crippen molar-refractivity contribution in [2.75, 3.05) is 19.6 Å². The Morgan fingerprint density at radius 3 is 2.50 bits per heavy atom. The van der Waals surface area contributed by atoms with E-state index < -0.39 is 0 Å². The van der Waals surface area contributed by atoms with Gasteiger partial charge in [0.1, 0.15) is 0 Å². The van der Waals surface area contributed by atoms with Gasteiger partial charge in [0.2, 0.25) is 5.91 Å². The van der Waals surface area contributed by atoms with Gasteiger partial charge in [-0.05, 0) is 43.9 Å². The number of rotatable bonds is 4. The number of piperidine rings is 1. The molecule has 2 bridgehead atoms. The zero-order chi connectivity index (χ0) is 14.1. The summed E-state index contributed by atoms with van der Waals surface area (Å²) < 4.78 is 0. The summed E-state index contributed by atoms with van der Waals surface area (Å²) in [5.74, 6) is 2.14. The summed E-state index contributed by atoms with van der Waals surface area (Å²) in [6.45, 7) is 2.68. The molecule has 3 aliphatic rings. The molecular formula is C15H25N3OS. The minimum Gasteiger partial charge on any atom is -0.392 e. The summed E-state index contributed by atoms with van der Waals surface area (Å²) in [5, 5.41) is 3.29. The summed E-state index contributed by atoms with van der Waals surface area (Å²) in [5.41, 5.74) is 5.58. The molecule has 0 spiro atoms. The van der Waals surface area contributed by atoms with Gasteiger partial charge in [-0.15, -0.1) is 0 Å². The second-order valence-corrected chi connectivity index (χ2v) is 7.33. The molecule has 112 valence electrons.